The standard InChI is InChI=1S/C13H7Br2Cl3O/c14-6-7-1-2-8(3-10(7)16)19-13-5-11(17)9(15)4-12(13)18/h1-5H,6H2. The van der Waals surface area contributed by atoms with Crippen LogP contribution in [0.3, 0.4) is 0 Å². The Morgan fingerprint density at radius 2 is 1.68 bits per heavy atom. The largest absolute Gasteiger partial charge is 0.456 e. The molecule has 0 bridgehead atoms. The predicted octanol–water partition coefficient (Wildman–Crippen LogP) is 7.10. The van der Waals surface area contributed by atoms with E-state index in [4.69, 9.17) is 39.5 Å². The molecule has 2 rings (SSSR count). The molecule has 0 N–H and O–H groups in total. The minimum absolute atomic E-state index is 0.469. The van der Waals surface area contributed by atoms with Gasteiger partial charge in [-0.15, -0.1) is 0 Å². The summed E-state index contributed by atoms with van der Waals surface area (Å²) in [5, 5.41) is 2.32. The van der Waals surface area contributed by atoms with Crippen LogP contribution in [0.15, 0.2) is 34.8 Å². The molecule has 0 saturated heterocycles. The van der Waals surface area contributed by atoms with Crippen LogP contribution in [-0.4, -0.2) is 0 Å². The van der Waals surface area contributed by atoms with Crippen molar-refractivity contribution in [2.75, 3.05) is 0 Å². The van der Waals surface area contributed by atoms with Crippen molar-refractivity contribution in [3.63, 3.8) is 0 Å². The zero-order chi connectivity index (χ0) is 14.0. The van der Waals surface area contributed by atoms with E-state index in [1.165, 1.54) is 0 Å². The number of ether oxygens (including phenoxy) is 1. The van der Waals surface area contributed by atoms with Gasteiger partial charge in [-0.1, -0.05) is 56.8 Å². The smallest absolute Gasteiger partial charge is 0.147 e. The molecule has 0 spiro atoms. The summed E-state index contributed by atoms with van der Waals surface area (Å²) >= 11 is 24.9. The third kappa shape index (κ3) is 3.79. The van der Waals surface area contributed by atoms with Gasteiger partial charge in [-0.25, -0.2) is 0 Å². The summed E-state index contributed by atoms with van der Waals surface area (Å²) in [5.41, 5.74) is 0.994. The first-order chi connectivity index (χ1) is 9.01. The van der Waals surface area contributed by atoms with Gasteiger partial charge < -0.3 is 4.74 Å². The van der Waals surface area contributed by atoms with Crippen LogP contribution in [0, 0.1) is 0 Å². The minimum atomic E-state index is 0.469. The maximum atomic E-state index is 6.12. The van der Waals surface area contributed by atoms with Gasteiger partial charge in [0, 0.05) is 20.9 Å². The molecule has 100 valence electrons. The van der Waals surface area contributed by atoms with Crippen molar-refractivity contribution >= 4 is 66.7 Å². The summed E-state index contributed by atoms with van der Waals surface area (Å²) in [6, 6.07) is 8.80. The Bertz CT molecular complexity index is 617. The molecule has 0 aromatic heterocycles. The molecule has 0 saturated carbocycles. The van der Waals surface area contributed by atoms with E-state index in [0.29, 0.717) is 31.9 Å². The number of benzene rings is 2. The fourth-order valence-corrected chi connectivity index (χ4v) is 3.13. The van der Waals surface area contributed by atoms with Crippen molar-refractivity contribution < 1.29 is 4.74 Å². The van der Waals surface area contributed by atoms with E-state index in [9.17, 15) is 0 Å². The van der Waals surface area contributed by atoms with Crippen molar-refractivity contribution in [2.24, 2.45) is 0 Å². The van der Waals surface area contributed by atoms with Crippen LogP contribution in [0.2, 0.25) is 15.1 Å². The Hall–Kier alpha value is 0.0700. The fraction of sp³-hybridized carbons (Fsp3) is 0.0769. The van der Waals surface area contributed by atoms with E-state index in [0.717, 1.165) is 10.0 Å². The first kappa shape index (κ1) is 15.5. The molecule has 0 atom stereocenters. The minimum Gasteiger partial charge on any atom is -0.456 e. The van der Waals surface area contributed by atoms with E-state index in [-0.39, 0.29) is 0 Å². The molecule has 2 aromatic rings. The lowest BCUT2D eigenvalue weighted by Crippen LogP contribution is -1.88. The van der Waals surface area contributed by atoms with E-state index in [2.05, 4.69) is 31.9 Å². The van der Waals surface area contributed by atoms with Crippen molar-refractivity contribution in [1.82, 2.24) is 0 Å². The Balaban J connectivity index is 2.31. The van der Waals surface area contributed by atoms with Crippen LogP contribution in [0.5, 0.6) is 11.5 Å². The van der Waals surface area contributed by atoms with Gasteiger partial charge in [-0.3, -0.25) is 0 Å². The van der Waals surface area contributed by atoms with E-state index < -0.39 is 0 Å². The summed E-state index contributed by atoms with van der Waals surface area (Å²) in [5.74, 6) is 1.09. The average Bonchev–Trinajstić information content (AvgIpc) is 2.36. The Morgan fingerprint density at radius 3 is 2.32 bits per heavy atom. The SMILES string of the molecule is Clc1cc(Oc2ccc(CBr)c(Cl)c2)c(Cl)cc1Br. The monoisotopic (exact) mass is 442 g/mol. The summed E-state index contributed by atoms with van der Waals surface area (Å²) < 4.78 is 6.41. The molecule has 0 heterocycles. The van der Waals surface area contributed by atoms with Crippen LogP contribution in [0.25, 0.3) is 0 Å². The molecule has 1 nitrogen and oxygen atoms in total. The van der Waals surface area contributed by atoms with Crippen LogP contribution >= 0.6 is 66.7 Å². The molecule has 0 radical (unpaired) electrons. The van der Waals surface area contributed by atoms with Crippen LogP contribution in [0.4, 0.5) is 0 Å². The van der Waals surface area contributed by atoms with Crippen LogP contribution in [0.1, 0.15) is 5.56 Å². The van der Waals surface area contributed by atoms with E-state index >= 15 is 0 Å². The van der Waals surface area contributed by atoms with E-state index in [1.807, 2.05) is 12.1 Å². The van der Waals surface area contributed by atoms with Gasteiger partial charge in [-0.2, -0.15) is 0 Å². The predicted molar refractivity (Wildman–Crippen MR) is 88.3 cm³/mol. The van der Waals surface area contributed by atoms with Gasteiger partial charge >= 0.3 is 0 Å². The molecule has 0 aliphatic carbocycles. The zero-order valence-electron chi connectivity index (χ0n) is 9.39. The second kappa shape index (κ2) is 6.68. The molecule has 2 aromatic carbocycles. The van der Waals surface area contributed by atoms with E-state index in [1.54, 1.807) is 18.2 Å². The Morgan fingerprint density at radius 1 is 0.947 bits per heavy atom. The normalized spacial score (nSPS) is 10.6. The number of rotatable bonds is 3. The lowest BCUT2D eigenvalue weighted by molar-refractivity contribution is 0.483. The van der Waals surface area contributed by atoms with Gasteiger partial charge in [0.2, 0.25) is 0 Å². The highest BCUT2D eigenvalue weighted by Gasteiger charge is 2.09. The van der Waals surface area contributed by atoms with Gasteiger partial charge in [0.1, 0.15) is 11.5 Å². The van der Waals surface area contributed by atoms with Crippen molar-refractivity contribution in [1.29, 1.82) is 0 Å². The second-order valence-corrected chi connectivity index (χ2v) is 6.32. The highest BCUT2D eigenvalue weighted by molar-refractivity contribution is 9.10. The quantitative estimate of drug-likeness (QED) is 0.362. The topological polar surface area (TPSA) is 9.23 Å². The van der Waals surface area contributed by atoms with Gasteiger partial charge in [-0.05, 0) is 39.7 Å². The van der Waals surface area contributed by atoms with Gasteiger partial charge in [0.15, 0.2) is 0 Å². The lowest BCUT2D eigenvalue weighted by Gasteiger charge is -2.10. The number of hydrogen-bond donors (Lipinski definition) is 0. The number of hydrogen-bond acceptors (Lipinski definition) is 1. The van der Waals surface area contributed by atoms with Gasteiger partial charge in [0.25, 0.3) is 0 Å². The lowest BCUT2D eigenvalue weighted by atomic mass is 10.2. The van der Waals surface area contributed by atoms with Crippen LogP contribution in [-0.2, 0) is 5.33 Å². The molecule has 0 amide bonds. The molecule has 0 aliphatic rings. The van der Waals surface area contributed by atoms with Crippen molar-refractivity contribution in [2.45, 2.75) is 5.33 Å². The summed E-state index contributed by atoms with van der Waals surface area (Å²) in [7, 11) is 0. The van der Waals surface area contributed by atoms with Gasteiger partial charge in [0.05, 0.1) is 10.0 Å². The highest BCUT2D eigenvalue weighted by atomic mass is 79.9. The fourth-order valence-electron chi connectivity index (χ4n) is 1.41. The number of alkyl halides is 1. The summed E-state index contributed by atoms with van der Waals surface area (Å²) in [6.07, 6.45) is 0. The van der Waals surface area contributed by atoms with Crippen LogP contribution < -0.4 is 4.74 Å². The first-order valence-electron chi connectivity index (χ1n) is 5.18. The first-order valence-corrected chi connectivity index (χ1v) is 8.23. The Labute approximate surface area is 143 Å². The maximum Gasteiger partial charge on any atom is 0.147 e. The summed E-state index contributed by atoms with van der Waals surface area (Å²) in [4.78, 5) is 0. The highest BCUT2D eigenvalue weighted by Crippen LogP contribution is 2.37. The average molecular weight is 445 g/mol. The maximum absolute atomic E-state index is 6.12. The second-order valence-electron chi connectivity index (χ2n) is 3.69. The molecule has 19 heavy (non-hydrogen) atoms. The zero-order valence-corrected chi connectivity index (χ0v) is 14.8. The molecule has 6 heteroatoms. The molecule has 0 fully saturated rings. The molecule has 0 aliphatic heterocycles. The third-order valence-corrected chi connectivity index (χ3v) is 4.82. The molecule has 0 unspecified atom stereocenters. The molecular formula is C13H7Br2Cl3O. The number of halogens is 5. The third-order valence-electron chi connectivity index (χ3n) is 2.37. The van der Waals surface area contributed by atoms with Crippen molar-refractivity contribution in [3.8, 4) is 11.5 Å². The molecular weight excluding hydrogens is 438 g/mol. The Kier molecular flexibility index (Phi) is 5.44. The van der Waals surface area contributed by atoms with Crippen molar-refractivity contribution in [3.05, 3.63) is 55.4 Å². The summed E-state index contributed by atoms with van der Waals surface area (Å²) in [6.45, 7) is 0.